The summed E-state index contributed by atoms with van der Waals surface area (Å²) >= 11 is 1.47. The summed E-state index contributed by atoms with van der Waals surface area (Å²) in [5, 5.41) is 5.46. The molecular weight excluding hydrogens is 330 g/mol. The smallest absolute Gasteiger partial charge is 0.251 e. The number of amides is 1. The number of thiazole rings is 1. The van der Waals surface area contributed by atoms with E-state index in [9.17, 15) is 13.6 Å². The van der Waals surface area contributed by atoms with Crippen LogP contribution in [0.4, 0.5) is 8.78 Å². The van der Waals surface area contributed by atoms with Gasteiger partial charge in [-0.05, 0) is 42.5 Å². The van der Waals surface area contributed by atoms with E-state index in [4.69, 9.17) is 0 Å². The molecule has 0 bridgehead atoms. The number of hydrogen-bond acceptors (Lipinski definition) is 3. The number of nitrogens with one attached hydrogen (secondary N) is 1. The van der Waals surface area contributed by atoms with Crippen LogP contribution in [-0.4, -0.2) is 17.4 Å². The summed E-state index contributed by atoms with van der Waals surface area (Å²) in [5.74, 6) is -1.04. The second-order valence-corrected chi connectivity index (χ2v) is 6.03. The quantitative estimate of drug-likeness (QED) is 0.758. The molecule has 1 N–H and O–H groups in total. The summed E-state index contributed by atoms with van der Waals surface area (Å²) in [6, 6.07) is 11.7. The number of rotatable bonds is 5. The summed E-state index contributed by atoms with van der Waals surface area (Å²) in [6.45, 7) is 0.405. The predicted molar refractivity (Wildman–Crippen MR) is 89.9 cm³/mol. The fraction of sp³-hybridized carbons (Fsp3) is 0.111. The highest BCUT2D eigenvalue weighted by atomic mass is 32.1. The van der Waals surface area contributed by atoms with Gasteiger partial charge in [0.15, 0.2) is 0 Å². The number of nitrogens with zero attached hydrogens (tertiary/aromatic N) is 1. The minimum Gasteiger partial charge on any atom is -0.352 e. The Bertz CT molecular complexity index is 846. The van der Waals surface area contributed by atoms with Gasteiger partial charge in [-0.25, -0.2) is 13.8 Å². The Kier molecular flexibility index (Phi) is 4.96. The molecule has 0 spiro atoms. The number of benzene rings is 2. The fourth-order valence-electron chi connectivity index (χ4n) is 2.18. The van der Waals surface area contributed by atoms with Gasteiger partial charge in [0, 0.05) is 29.5 Å². The summed E-state index contributed by atoms with van der Waals surface area (Å²) < 4.78 is 26.0. The molecule has 0 radical (unpaired) electrons. The summed E-state index contributed by atoms with van der Waals surface area (Å²) in [6.07, 6.45) is 0.568. The van der Waals surface area contributed by atoms with E-state index in [1.807, 2.05) is 5.38 Å². The maximum absolute atomic E-state index is 13.1. The van der Waals surface area contributed by atoms with Crippen molar-refractivity contribution >= 4 is 17.2 Å². The van der Waals surface area contributed by atoms with E-state index in [1.54, 1.807) is 18.2 Å². The molecular formula is C18H14F2N2OS. The highest BCUT2D eigenvalue weighted by Crippen LogP contribution is 2.23. The Hall–Kier alpha value is -2.60. The van der Waals surface area contributed by atoms with E-state index in [0.29, 0.717) is 18.5 Å². The zero-order valence-electron chi connectivity index (χ0n) is 12.6. The third-order valence-electron chi connectivity index (χ3n) is 3.40. The van der Waals surface area contributed by atoms with E-state index < -0.39 is 5.82 Å². The van der Waals surface area contributed by atoms with Crippen molar-refractivity contribution in [2.45, 2.75) is 6.42 Å². The Morgan fingerprint density at radius 1 is 1.08 bits per heavy atom. The second-order valence-electron chi connectivity index (χ2n) is 5.17. The SMILES string of the molecule is O=C(NCCc1csc(-c2ccc(F)cc2)n1)c1cccc(F)c1. The molecule has 0 fully saturated rings. The Labute approximate surface area is 142 Å². The van der Waals surface area contributed by atoms with Gasteiger partial charge in [-0.15, -0.1) is 11.3 Å². The summed E-state index contributed by atoms with van der Waals surface area (Å²) in [4.78, 5) is 16.4. The molecule has 0 unspecified atom stereocenters. The molecule has 1 aromatic heterocycles. The molecule has 3 rings (SSSR count). The van der Waals surface area contributed by atoms with Crippen LogP contribution in [0.2, 0.25) is 0 Å². The first-order valence-electron chi connectivity index (χ1n) is 7.36. The van der Waals surface area contributed by atoms with Crippen LogP contribution in [0, 0.1) is 11.6 Å². The molecule has 24 heavy (non-hydrogen) atoms. The van der Waals surface area contributed by atoms with Crippen LogP contribution in [0.3, 0.4) is 0 Å². The van der Waals surface area contributed by atoms with Gasteiger partial charge in [0.25, 0.3) is 5.91 Å². The topological polar surface area (TPSA) is 42.0 Å². The molecule has 1 heterocycles. The van der Waals surface area contributed by atoms with Gasteiger partial charge in [0.05, 0.1) is 5.69 Å². The molecule has 122 valence electrons. The average molecular weight is 344 g/mol. The summed E-state index contributed by atoms with van der Waals surface area (Å²) in [7, 11) is 0. The highest BCUT2D eigenvalue weighted by molar-refractivity contribution is 7.13. The van der Waals surface area contributed by atoms with Crippen LogP contribution in [0.15, 0.2) is 53.9 Å². The second kappa shape index (κ2) is 7.31. The zero-order chi connectivity index (χ0) is 16.9. The van der Waals surface area contributed by atoms with Crippen molar-refractivity contribution in [1.29, 1.82) is 0 Å². The zero-order valence-corrected chi connectivity index (χ0v) is 13.4. The Balaban J connectivity index is 1.56. The fourth-order valence-corrected chi connectivity index (χ4v) is 3.04. The minimum atomic E-state index is -0.439. The third kappa shape index (κ3) is 4.02. The van der Waals surface area contributed by atoms with Crippen LogP contribution in [0.5, 0.6) is 0 Å². The van der Waals surface area contributed by atoms with Crippen molar-refractivity contribution in [1.82, 2.24) is 10.3 Å². The maximum Gasteiger partial charge on any atom is 0.251 e. The lowest BCUT2D eigenvalue weighted by Gasteiger charge is -2.04. The molecule has 0 aliphatic rings. The van der Waals surface area contributed by atoms with Gasteiger partial charge < -0.3 is 5.32 Å². The summed E-state index contributed by atoms with van der Waals surface area (Å²) in [5.41, 5.74) is 2.00. The van der Waals surface area contributed by atoms with Gasteiger partial charge in [-0.3, -0.25) is 4.79 Å². The van der Waals surface area contributed by atoms with Crippen molar-refractivity contribution in [3.05, 3.63) is 76.8 Å². The number of aromatic nitrogens is 1. The first-order chi connectivity index (χ1) is 11.6. The Morgan fingerprint density at radius 2 is 1.88 bits per heavy atom. The van der Waals surface area contributed by atoms with Gasteiger partial charge >= 0.3 is 0 Å². The van der Waals surface area contributed by atoms with Crippen LogP contribution < -0.4 is 5.32 Å². The monoisotopic (exact) mass is 344 g/mol. The molecule has 3 nitrogen and oxygen atoms in total. The highest BCUT2D eigenvalue weighted by Gasteiger charge is 2.08. The van der Waals surface area contributed by atoms with E-state index in [1.165, 1.54) is 41.7 Å². The number of carbonyl (C=O) groups is 1. The van der Waals surface area contributed by atoms with Gasteiger partial charge in [0.1, 0.15) is 16.6 Å². The van der Waals surface area contributed by atoms with Crippen LogP contribution in [-0.2, 0) is 6.42 Å². The number of hydrogen-bond donors (Lipinski definition) is 1. The molecule has 0 aliphatic heterocycles. The molecule has 0 saturated heterocycles. The van der Waals surface area contributed by atoms with Crippen LogP contribution in [0.25, 0.3) is 10.6 Å². The maximum atomic E-state index is 13.1. The molecule has 0 saturated carbocycles. The van der Waals surface area contributed by atoms with E-state index in [-0.39, 0.29) is 11.7 Å². The van der Waals surface area contributed by atoms with Crippen molar-refractivity contribution in [2.75, 3.05) is 6.54 Å². The third-order valence-corrected chi connectivity index (χ3v) is 4.34. The standard InChI is InChI=1S/C18H14F2N2OS/c19-14-6-4-12(5-7-14)18-22-16(11-24-18)8-9-21-17(23)13-2-1-3-15(20)10-13/h1-7,10-11H,8-9H2,(H,21,23). The van der Waals surface area contributed by atoms with Crippen LogP contribution in [0.1, 0.15) is 16.1 Å². The largest absolute Gasteiger partial charge is 0.352 e. The van der Waals surface area contributed by atoms with E-state index in [2.05, 4.69) is 10.3 Å². The normalized spacial score (nSPS) is 10.6. The Morgan fingerprint density at radius 3 is 2.62 bits per heavy atom. The number of halogens is 2. The molecule has 0 aliphatic carbocycles. The van der Waals surface area contributed by atoms with Gasteiger partial charge in [-0.2, -0.15) is 0 Å². The predicted octanol–water partition coefficient (Wildman–Crippen LogP) is 4.06. The minimum absolute atomic E-state index is 0.282. The van der Waals surface area contributed by atoms with Crippen molar-refractivity contribution < 1.29 is 13.6 Å². The van der Waals surface area contributed by atoms with Crippen molar-refractivity contribution in [3.8, 4) is 10.6 Å². The first-order valence-corrected chi connectivity index (χ1v) is 8.24. The van der Waals surface area contributed by atoms with Gasteiger partial charge in [0.2, 0.25) is 0 Å². The van der Waals surface area contributed by atoms with E-state index in [0.717, 1.165) is 16.3 Å². The molecule has 3 aromatic rings. The molecule has 0 atom stereocenters. The molecule has 6 heteroatoms. The average Bonchev–Trinajstić information content (AvgIpc) is 3.04. The van der Waals surface area contributed by atoms with Gasteiger partial charge in [-0.1, -0.05) is 6.07 Å². The molecule has 1 amide bonds. The van der Waals surface area contributed by atoms with Crippen molar-refractivity contribution in [3.63, 3.8) is 0 Å². The molecule has 2 aromatic carbocycles. The lowest BCUT2D eigenvalue weighted by atomic mass is 10.2. The van der Waals surface area contributed by atoms with Crippen molar-refractivity contribution in [2.24, 2.45) is 0 Å². The lowest BCUT2D eigenvalue weighted by molar-refractivity contribution is 0.0953. The lowest BCUT2D eigenvalue weighted by Crippen LogP contribution is -2.25. The number of carbonyl (C=O) groups excluding carboxylic acids is 1. The van der Waals surface area contributed by atoms with E-state index >= 15 is 0 Å². The first kappa shape index (κ1) is 16.3. The van der Waals surface area contributed by atoms with Crippen LogP contribution >= 0.6 is 11.3 Å².